The van der Waals surface area contributed by atoms with E-state index in [1.807, 2.05) is 13.8 Å². The second kappa shape index (κ2) is 6.02. The maximum Gasteiger partial charge on any atom is 0.490 e. The minimum atomic E-state index is -5.08. The third-order valence-corrected chi connectivity index (χ3v) is 2.45. The molecule has 1 heterocycles. The van der Waals surface area contributed by atoms with Gasteiger partial charge in [-0.3, -0.25) is 4.68 Å². The first kappa shape index (κ1) is 17.4. The fourth-order valence-corrected chi connectivity index (χ4v) is 1.22. The summed E-state index contributed by atoms with van der Waals surface area (Å²) < 4.78 is 54.8. The number of alkyl halides is 3. The molecule has 0 atom stereocenters. The van der Waals surface area contributed by atoms with E-state index in [-0.39, 0.29) is 11.1 Å². The molecule has 0 aliphatic heterocycles. The number of hydrogen-bond donors (Lipinski definition) is 2. The molecule has 1 rings (SSSR count). The molecule has 0 aromatic carbocycles. The topological polar surface area (TPSA) is 115 Å². The van der Waals surface area contributed by atoms with Crippen LogP contribution in [0.1, 0.15) is 19.9 Å². The Labute approximate surface area is 106 Å². The molecule has 0 radical (unpaired) electrons. The summed E-state index contributed by atoms with van der Waals surface area (Å²) in [7, 11) is -3.65. The number of hydrogen-bond acceptors (Lipinski definition) is 4. The third-order valence-electron chi connectivity index (χ3n) is 1.65. The Morgan fingerprint density at radius 3 is 2.05 bits per heavy atom. The van der Waals surface area contributed by atoms with E-state index in [9.17, 15) is 21.6 Å². The van der Waals surface area contributed by atoms with E-state index in [2.05, 4.69) is 5.10 Å². The summed E-state index contributed by atoms with van der Waals surface area (Å²) in [6.07, 6.45) is -3.50. The number of carboxylic acids is 1. The van der Waals surface area contributed by atoms with Crippen molar-refractivity contribution < 1.29 is 31.5 Å². The van der Waals surface area contributed by atoms with Gasteiger partial charge in [0.25, 0.3) is 10.0 Å². The van der Waals surface area contributed by atoms with Crippen molar-refractivity contribution in [1.82, 2.24) is 9.78 Å². The van der Waals surface area contributed by atoms with Crippen LogP contribution in [-0.2, 0) is 14.8 Å². The number of aliphatic carboxylic acids is 1. The normalized spacial score (nSPS) is 11.9. The molecule has 0 aliphatic rings. The molecule has 11 heteroatoms. The van der Waals surface area contributed by atoms with E-state index >= 15 is 0 Å². The first-order valence-corrected chi connectivity index (χ1v) is 6.28. The molecule has 0 fully saturated rings. The standard InChI is InChI=1S/C6H11N3O2S.C2HF3O2/c1-5(2)9-4-3-6(8-9)12(7,10)11;3-2(4,5)1(6)7/h3-5H,1-2H3,(H2,7,10,11);(H,6,7). The molecule has 0 aliphatic carbocycles. The molecule has 19 heavy (non-hydrogen) atoms. The SMILES string of the molecule is CC(C)n1ccc(S(N)(=O)=O)n1.O=C(O)C(F)(F)F. The zero-order valence-electron chi connectivity index (χ0n) is 9.92. The minimum Gasteiger partial charge on any atom is -0.475 e. The lowest BCUT2D eigenvalue weighted by molar-refractivity contribution is -0.192. The predicted molar refractivity (Wildman–Crippen MR) is 57.7 cm³/mol. The van der Waals surface area contributed by atoms with Crippen molar-refractivity contribution >= 4 is 16.0 Å². The summed E-state index contributed by atoms with van der Waals surface area (Å²) in [5.41, 5.74) is 0. The Balaban J connectivity index is 0.000000399. The van der Waals surface area contributed by atoms with Crippen LogP contribution in [0.3, 0.4) is 0 Å². The Bertz CT molecular complexity index is 536. The smallest absolute Gasteiger partial charge is 0.475 e. The fourth-order valence-electron chi connectivity index (χ4n) is 0.760. The van der Waals surface area contributed by atoms with Gasteiger partial charge < -0.3 is 5.11 Å². The highest BCUT2D eigenvalue weighted by molar-refractivity contribution is 7.89. The molecular weight excluding hydrogens is 291 g/mol. The van der Waals surface area contributed by atoms with Gasteiger partial charge >= 0.3 is 12.1 Å². The first-order chi connectivity index (χ1) is 8.35. The number of rotatable bonds is 2. The highest BCUT2D eigenvalue weighted by Gasteiger charge is 2.38. The van der Waals surface area contributed by atoms with Crippen molar-refractivity contribution in [2.45, 2.75) is 31.1 Å². The van der Waals surface area contributed by atoms with E-state index < -0.39 is 22.2 Å². The third kappa shape index (κ3) is 6.20. The first-order valence-electron chi connectivity index (χ1n) is 4.73. The number of halogens is 3. The van der Waals surface area contributed by atoms with Crippen LogP contribution in [0.15, 0.2) is 17.3 Å². The van der Waals surface area contributed by atoms with Gasteiger partial charge in [0.15, 0.2) is 5.03 Å². The van der Waals surface area contributed by atoms with E-state index in [0.717, 1.165) is 0 Å². The predicted octanol–water partition coefficient (Wildman–Crippen LogP) is 0.745. The Hall–Kier alpha value is -1.62. The van der Waals surface area contributed by atoms with Crippen LogP contribution in [0.4, 0.5) is 13.2 Å². The molecule has 0 unspecified atom stereocenters. The number of primary sulfonamides is 1. The van der Waals surface area contributed by atoms with E-state index in [1.165, 1.54) is 6.07 Å². The van der Waals surface area contributed by atoms with Gasteiger partial charge in [-0.25, -0.2) is 18.4 Å². The van der Waals surface area contributed by atoms with Crippen molar-refractivity contribution in [3.63, 3.8) is 0 Å². The maximum atomic E-state index is 10.8. The number of aromatic nitrogens is 2. The molecule has 0 amide bonds. The van der Waals surface area contributed by atoms with Gasteiger partial charge in [-0.1, -0.05) is 0 Å². The van der Waals surface area contributed by atoms with E-state index in [4.69, 9.17) is 15.0 Å². The average Bonchev–Trinajstić information content (AvgIpc) is 2.64. The lowest BCUT2D eigenvalue weighted by Crippen LogP contribution is -2.21. The molecular formula is C8H12F3N3O4S. The van der Waals surface area contributed by atoms with Crippen LogP contribution in [0.25, 0.3) is 0 Å². The summed E-state index contributed by atoms with van der Waals surface area (Å²) in [4.78, 5) is 8.90. The second-order valence-electron chi connectivity index (χ2n) is 3.58. The van der Waals surface area contributed by atoms with Crippen molar-refractivity contribution in [3.8, 4) is 0 Å². The monoisotopic (exact) mass is 303 g/mol. The number of sulfonamides is 1. The van der Waals surface area contributed by atoms with E-state index in [1.54, 1.807) is 10.9 Å². The summed E-state index contributed by atoms with van der Waals surface area (Å²) in [5.74, 6) is -2.76. The van der Waals surface area contributed by atoms with Crippen LogP contribution >= 0.6 is 0 Å². The van der Waals surface area contributed by atoms with Crippen molar-refractivity contribution in [2.24, 2.45) is 5.14 Å². The number of carbonyl (C=O) groups is 1. The van der Waals surface area contributed by atoms with Crippen LogP contribution < -0.4 is 5.14 Å². The van der Waals surface area contributed by atoms with Crippen molar-refractivity contribution in [2.75, 3.05) is 0 Å². The molecule has 0 saturated carbocycles. The summed E-state index contributed by atoms with van der Waals surface area (Å²) >= 11 is 0. The molecule has 3 N–H and O–H groups in total. The van der Waals surface area contributed by atoms with Gasteiger partial charge in [0.05, 0.1) is 0 Å². The number of carboxylic acid groups (broad SMARTS) is 1. The molecule has 1 aromatic rings. The number of nitrogens with zero attached hydrogens (tertiary/aromatic N) is 2. The van der Waals surface area contributed by atoms with Gasteiger partial charge in [-0.05, 0) is 19.9 Å². The van der Waals surface area contributed by atoms with Crippen LogP contribution in [0.5, 0.6) is 0 Å². The van der Waals surface area contributed by atoms with Gasteiger partial charge in [-0.15, -0.1) is 0 Å². The van der Waals surface area contributed by atoms with Crippen molar-refractivity contribution in [1.29, 1.82) is 0 Å². The minimum absolute atomic E-state index is 0.0869. The largest absolute Gasteiger partial charge is 0.490 e. The highest BCUT2D eigenvalue weighted by atomic mass is 32.2. The molecule has 1 aromatic heterocycles. The van der Waals surface area contributed by atoms with Gasteiger partial charge in [0.1, 0.15) is 0 Å². The van der Waals surface area contributed by atoms with Crippen LogP contribution in [0.2, 0.25) is 0 Å². The lowest BCUT2D eigenvalue weighted by atomic mass is 10.4. The summed E-state index contributed by atoms with van der Waals surface area (Å²) in [6, 6.07) is 1.52. The molecule has 110 valence electrons. The van der Waals surface area contributed by atoms with Gasteiger partial charge in [0.2, 0.25) is 0 Å². The van der Waals surface area contributed by atoms with Gasteiger partial charge in [-0.2, -0.15) is 18.3 Å². The Kier molecular flexibility index (Phi) is 5.50. The zero-order chi connectivity index (χ0) is 15.4. The molecule has 0 bridgehead atoms. The maximum absolute atomic E-state index is 10.8. The molecule has 0 spiro atoms. The lowest BCUT2D eigenvalue weighted by Gasteiger charge is -2.02. The summed E-state index contributed by atoms with van der Waals surface area (Å²) in [5, 5.41) is 15.7. The number of nitrogens with two attached hydrogens (primary N) is 1. The molecule has 0 saturated heterocycles. The Morgan fingerprint density at radius 2 is 1.89 bits per heavy atom. The quantitative estimate of drug-likeness (QED) is 0.836. The van der Waals surface area contributed by atoms with Crippen molar-refractivity contribution in [3.05, 3.63) is 12.3 Å². The Morgan fingerprint density at radius 1 is 1.47 bits per heavy atom. The van der Waals surface area contributed by atoms with Crippen LogP contribution in [0, 0.1) is 0 Å². The fraction of sp³-hybridized carbons (Fsp3) is 0.500. The zero-order valence-corrected chi connectivity index (χ0v) is 10.7. The second-order valence-corrected chi connectivity index (χ2v) is 5.08. The highest BCUT2D eigenvalue weighted by Crippen LogP contribution is 2.13. The average molecular weight is 303 g/mol. The summed E-state index contributed by atoms with van der Waals surface area (Å²) in [6.45, 7) is 3.81. The van der Waals surface area contributed by atoms with Gasteiger partial charge in [0, 0.05) is 12.2 Å². The molecule has 7 nitrogen and oxygen atoms in total. The van der Waals surface area contributed by atoms with E-state index in [0.29, 0.717) is 0 Å². The van der Waals surface area contributed by atoms with Crippen LogP contribution in [-0.4, -0.2) is 35.5 Å².